The number of hydrogen-bond donors (Lipinski definition) is 0. The van der Waals surface area contributed by atoms with Crippen molar-refractivity contribution >= 4 is 5.97 Å². The van der Waals surface area contributed by atoms with E-state index >= 15 is 0 Å². The Hall–Kier alpha value is -1.58. The zero-order valence-corrected chi connectivity index (χ0v) is 8.33. The number of carbonyl (C=O) groups is 1. The molecular weight excluding hydrogens is 199 g/mol. The summed E-state index contributed by atoms with van der Waals surface area (Å²) in [5.41, 5.74) is 0.454. The minimum atomic E-state index is -0.697. The summed E-state index contributed by atoms with van der Waals surface area (Å²) in [5, 5.41) is 0. The van der Waals surface area contributed by atoms with Gasteiger partial charge < -0.3 is 9.47 Å². The Morgan fingerprint density at radius 3 is 3.13 bits per heavy atom. The first kappa shape index (κ1) is 9.96. The quantitative estimate of drug-likeness (QED) is 0.697. The third-order valence-electron chi connectivity index (χ3n) is 2.28. The largest absolute Gasteiger partial charge is 0.478 e. The maximum absolute atomic E-state index is 13.3. The van der Waals surface area contributed by atoms with Crippen LogP contribution in [0, 0.1) is 5.82 Å². The Balaban J connectivity index is 2.15. The lowest BCUT2D eigenvalue weighted by Gasteiger charge is -2.08. The summed E-state index contributed by atoms with van der Waals surface area (Å²) in [6, 6.07) is 4.56. The summed E-state index contributed by atoms with van der Waals surface area (Å²) in [4.78, 5) is 11.4. The first-order chi connectivity index (χ1) is 7.22. The van der Waals surface area contributed by atoms with Gasteiger partial charge in [-0.3, -0.25) is 0 Å². The standard InChI is InChI=1S/C11H11FO3/c1-2-14-11(13)10-6-7-8(12)4-3-5-9(7)15-10/h3-5,10H,2,6H2,1H3. The monoisotopic (exact) mass is 210 g/mol. The van der Waals surface area contributed by atoms with E-state index in [0.29, 0.717) is 17.9 Å². The van der Waals surface area contributed by atoms with Gasteiger partial charge in [-0.1, -0.05) is 6.07 Å². The van der Waals surface area contributed by atoms with Gasteiger partial charge in [-0.15, -0.1) is 0 Å². The molecule has 0 radical (unpaired) electrons. The first-order valence-corrected chi connectivity index (χ1v) is 4.83. The van der Waals surface area contributed by atoms with Crippen LogP contribution >= 0.6 is 0 Å². The van der Waals surface area contributed by atoms with Crippen LogP contribution in [0.2, 0.25) is 0 Å². The third kappa shape index (κ3) is 1.79. The van der Waals surface area contributed by atoms with Gasteiger partial charge >= 0.3 is 5.97 Å². The fraction of sp³-hybridized carbons (Fsp3) is 0.364. The molecule has 1 unspecified atom stereocenters. The Kier molecular flexibility index (Phi) is 2.58. The SMILES string of the molecule is CCOC(=O)C1Cc2c(F)cccc2O1. The van der Waals surface area contributed by atoms with E-state index in [4.69, 9.17) is 9.47 Å². The van der Waals surface area contributed by atoms with Crippen molar-refractivity contribution in [1.29, 1.82) is 0 Å². The van der Waals surface area contributed by atoms with E-state index in [-0.39, 0.29) is 12.2 Å². The van der Waals surface area contributed by atoms with Gasteiger partial charge in [0.15, 0.2) is 6.10 Å². The Morgan fingerprint density at radius 1 is 1.67 bits per heavy atom. The fourth-order valence-electron chi connectivity index (χ4n) is 1.59. The minimum Gasteiger partial charge on any atom is -0.478 e. The minimum absolute atomic E-state index is 0.251. The van der Waals surface area contributed by atoms with Crippen molar-refractivity contribution in [1.82, 2.24) is 0 Å². The van der Waals surface area contributed by atoms with Crippen LogP contribution in [0.5, 0.6) is 5.75 Å². The van der Waals surface area contributed by atoms with Crippen LogP contribution in [0.1, 0.15) is 12.5 Å². The van der Waals surface area contributed by atoms with Gasteiger partial charge in [0.2, 0.25) is 0 Å². The summed E-state index contributed by atoms with van der Waals surface area (Å²) < 4.78 is 23.4. The molecule has 1 heterocycles. The second-order valence-corrected chi connectivity index (χ2v) is 3.28. The number of carbonyl (C=O) groups excluding carboxylic acids is 1. The lowest BCUT2D eigenvalue weighted by molar-refractivity contribution is -0.150. The predicted molar refractivity (Wildman–Crippen MR) is 51.2 cm³/mol. The van der Waals surface area contributed by atoms with E-state index < -0.39 is 12.1 Å². The number of esters is 1. The summed E-state index contributed by atoms with van der Waals surface area (Å²) in [7, 11) is 0. The van der Waals surface area contributed by atoms with Crippen molar-refractivity contribution in [3.05, 3.63) is 29.6 Å². The maximum Gasteiger partial charge on any atom is 0.347 e. The highest BCUT2D eigenvalue weighted by Crippen LogP contribution is 2.30. The molecule has 0 aliphatic carbocycles. The third-order valence-corrected chi connectivity index (χ3v) is 2.28. The average molecular weight is 210 g/mol. The Labute approximate surface area is 86.8 Å². The molecule has 1 aliphatic rings. The van der Waals surface area contributed by atoms with Crippen LogP contribution in [0.4, 0.5) is 4.39 Å². The molecule has 4 heteroatoms. The summed E-state index contributed by atoms with van der Waals surface area (Å²) in [6.07, 6.45) is -0.447. The topological polar surface area (TPSA) is 35.5 Å². The van der Waals surface area contributed by atoms with Gasteiger partial charge in [0, 0.05) is 12.0 Å². The molecule has 0 saturated carbocycles. The molecule has 0 saturated heterocycles. The van der Waals surface area contributed by atoms with Gasteiger partial charge in [-0.05, 0) is 19.1 Å². The summed E-state index contributed by atoms with van der Waals surface area (Å²) in [6.45, 7) is 2.03. The first-order valence-electron chi connectivity index (χ1n) is 4.83. The summed E-state index contributed by atoms with van der Waals surface area (Å²) in [5.74, 6) is -0.333. The predicted octanol–water partition coefficient (Wildman–Crippen LogP) is 1.69. The van der Waals surface area contributed by atoms with Crippen molar-refractivity contribution in [2.24, 2.45) is 0 Å². The Bertz CT molecular complexity index is 389. The van der Waals surface area contributed by atoms with Crippen LogP contribution in [-0.2, 0) is 16.0 Å². The van der Waals surface area contributed by atoms with Crippen molar-refractivity contribution in [2.45, 2.75) is 19.4 Å². The van der Waals surface area contributed by atoms with E-state index in [2.05, 4.69) is 0 Å². The van der Waals surface area contributed by atoms with E-state index in [1.165, 1.54) is 6.07 Å². The van der Waals surface area contributed by atoms with E-state index in [9.17, 15) is 9.18 Å². The van der Waals surface area contributed by atoms with E-state index in [1.54, 1.807) is 19.1 Å². The molecule has 1 aromatic rings. The lowest BCUT2D eigenvalue weighted by Crippen LogP contribution is -2.27. The van der Waals surface area contributed by atoms with Crippen molar-refractivity contribution in [3.63, 3.8) is 0 Å². The van der Waals surface area contributed by atoms with Crippen molar-refractivity contribution in [2.75, 3.05) is 6.61 Å². The second-order valence-electron chi connectivity index (χ2n) is 3.28. The van der Waals surface area contributed by atoms with Gasteiger partial charge in [-0.2, -0.15) is 0 Å². The van der Waals surface area contributed by atoms with Crippen molar-refractivity contribution < 1.29 is 18.7 Å². The molecule has 0 bridgehead atoms. The van der Waals surface area contributed by atoms with Crippen LogP contribution in [0.25, 0.3) is 0 Å². The van der Waals surface area contributed by atoms with Gasteiger partial charge in [0.25, 0.3) is 0 Å². The van der Waals surface area contributed by atoms with Crippen LogP contribution in [-0.4, -0.2) is 18.7 Å². The molecule has 2 rings (SSSR count). The molecule has 0 spiro atoms. The highest BCUT2D eigenvalue weighted by Gasteiger charge is 2.31. The average Bonchev–Trinajstić information content (AvgIpc) is 2.63. The molecule has 80 valence electrons. The molecule has 1 atom stereocenters. The maximum atomic E-state index is 13.3. The second kappa shape index (κ2) is 3.88. The normalized spacial score (nSPS) is 18.1. The number of ether oxygens (including phenoxy) is 2. The molecule has 0 aromatic heterocycles. The van der Waals surface area contributed by atoms with Gasteiger partial charge in [0.1, 0.15) is 11.6 Å². The molecule has 1 aromatic carbocycles. The van der Waals surface area contributed by atoms with E-state index in [1.807, 2.05) is 0 Å². The van der Waals surface area contributed by atoms with Gasteiger partial charge in [-0.25, -0.2) is 9.18 Å². The molecule has 15 heavy (non-hydrogen) atoms. The van der Waals surface area contributed by atoms with Crippen LogP contribution in [0.15, 0.2) is 18.2 Å². The lowest BCUT2D eigenvalue weighted by atomic mass is 10.1. The highest BCUT2D eigenvalue weighted by molar-refractivity contribution is 5.76. The molecule has 1 aliphatic heterocycles. The number of fused-ring (bicyclic) bond motifs is 1. The van der Waals surface area contributed by atoms with Crippen LogP contribution < -0.4 is 4.74 Å². The number of hydrogen-bond acceptors (Lipinski definition) is 3. The van der Waals surface area contributed by atoms with Gasteiger partial charge in [0.05, 0.1) is 6.61 Å². The smallest absolute Gasteiger partial charge is 0.347 e. The molecule has 0 N–H and O–H groups in total. The molecule has 0 fully saturated rings. The van der Waals surface area contributed by atoms with E-state index in [0.717, 1.165) is 0 Å². The zero-order chi connectivity index (χ0) is 10.8. The fourth-order valence-corrected chi connectivity index (χ4v) is 1.59. The Morgan fingerprint density at radius 2 is 2.47 bits per heavy atom. The number of halogens is 1. The molecule has 3 nitrogen and oxygen atoms in total. The molecule has 0 amide bonds. The summed E-state index contributed by atoms with van der Waals surface area (Å²) >= 11 is 0. The van der Waals surface area contributed by atoms with Crippen LogP contribution in [0.3, 0.4) is 0 Å². The van der Waals surface area contributed by atoms with Crippen molar-refractivity contribution in [3.8, 4) is 5.75 Å². The number of benzene rings is 1. The number of rotatable bonds is 2. The highest BCUT2D eigenvalue weighted by atomic mass is 19.1. The zero-order valence-electron chi connectivity index (χ0n) is 8.33. The molecular formula is C11H11FO3.